The van der Waals surface area contributed by atoms with E-state index in [9.17, 15) is 9.59 Å². The van der Waals surface area contributed by atoms with Gasteiger partial charge in [0.05, 0.1) is 6.54 Å². The van der Waals surface area contributed by atoms with Crippen molar-refractivity contribution < 1.29 is 9.59 Å². The molecule has 0 aromatic carbocycles. The predicted molar refractivity (Wildman–Crippen MR) is 83.8 cm³/mol. The maximum absolute atomic E-state index is 12.2. The van der Waals surface area contributed by atoms with Gasteiger partial charge in [0.25, 0.3) is 0 Å². The molecule has 6 nitrogen and oxygen atoms in total. The molecule has 2 N–H and O–H groups in total. The zero-order valence-electron chi connectivity index (χ0n) is 14.1. The van der Waals surface area contributed by atoms with Crippen molar-refractivity contribution in [2.24, 2.45) is 11.1 Å². The Kier molecular flexibility index (Phi) is 6.16. The van der Waals surface area contributed by atoms with Gasteiger partial charge in [0.2, 0.25) is 11.8 Å². The fourth-order valence-corrected chi connectivity index (χ4v) is 2.11. The fraction of sp³-hybridized carbons (Fsp3) is 0.867. The summed E-state index contributed by atoms with van der Waals surface area (Å²) in [6, 6.07) is -0.127. The summed E-state index contributed by atoms with van der Waals surface area (Å²) < 4.78 is 0. The fourth-order valence-electron chi connectivity index (χ4n) is 2.11. The number of nitrogens with zero attached hydrogens (tertiary/aromatic N) is 3. The highest BCUT2D eigenvalue weighted by Crippen LogP contribution is 2.20. The molecule has 1 unspecified atom stereocenters. The van der Waals surface area contributed by atoms with Crippen molar-refractivity contribution in [1.82, 2.24) is 14.7 Å². The minimum absolute atomic E-state index is 0.0599. The summed E-state index contributed by atoms with van der Waals surface area (Å²) in [7, 11) is 3.52. The number of hydrogen-bond donors (Lipinski definition) is 1. The van der Waals surface area contributed by atoms with Crippen LogP contribution in [0.4, 0.5) is 0 Å². The van der Waals surface area contributed by atoms with Crippen LogP contribution in [0.5, 0.6) is 0 Å². The summed E-state index contributed by atoms with van der Waals surface area (Å²) in [4.78, 5) is 29.5. The van der Waals surface area contributed by atoms with Crippen molar-refractivity contribution in [1.29, 1.82) is 0 Å². The first-order valence-corrected chi connectivity index (χ1v) is 7.57. The van der Waals surface area contributed by atoms with E-state index in [2.05, 4.69) is 25.7 Å². The zero-order valence-corrected chi connectivity index (χ0v) is 14.1. The van der Waals surface area contributed by atoms with Crippen LogP contribution in [-0.4, -0.2) is 79.4 Å². The molecule has 1 aliphatic heterocycles. The number of likely N-dealkylation sites (N-methyl/N-ethyl adjacent to an activating group) is 1. The van der Waals surface area contributed by atoms with Gasteiger partial charge in [-0.3, -0.25) is 14.5 Å². The van der Waals surface area contributed by atoms with Crippen LogP contribution in [0.2, 0.25) is 0 Å². The van der Waals surface area contributed by atoms with Gasteiger partial charge in [0.1, 0.15) is 0 Å². The summed E-state index contributed by atoms with van der Waals surface area (Å²) in [5, 5.41) is 0. The third kappa shape index (κ3) is 5.63. The van der Waals surface area contributed by atoms with Crippen LogP contribution < -0.4 is 5.73 Å². The summed E-state index contributed by atoms with van der Waals surface area (Å²) >= 11 is 0. The van der Waals surface area contributed by atoms with E-state index >= 15 is 0 Å². The first-order valence-electron chi connectivity index (χ1n) is 7.57. The van der Waals surface area contributed by atoms with Gasteiger partial charge in [-0.1, -0.05) is 20.8 Å². The van der Waals surface area contributed by atoms with Crippen molar-refractivity contribution >= 4 is 11.8 Å². The van der Waals surface area contributed by atoms with E-state index in [0.29, 0.717) is 26.1 Å². The first-order chi connectivity index (χ1) is 9.61. The summed E-state index contributed by atoms with van der Waals surface area (Å²) in [6.07, 6.45) is 0.389. The van der Waals surface area contributed by atoms with Crippen LogP contribution in [0.15, 0.2) is 0 Å². The lowest BCUT2D eigenvalue weighted by Crippen LogP contribution is -2.52. The number of amides is 2. The molecule has 0 aromatic rings. The Labute approximate surface area is 128 Å². The van der Waals surface area contributed by atoms with Gasteiger partial charge in [0, 0.05) is 52.7 Å². The summed E-state index contributed by atoms with van der Waals surface area (Å²) in [6.45, 7) is 9.43. The molecule has 0 radical (unpaired) electrons. The third-order valence-electron chi connectivity index (χ3n) is 4.09. The molecule has 1 rings (SSSR count). The number of piperazine rings is 1. The van der Waals surface area contributed by atoms with Crippen LogP contribution in [0.1, 0.15) is 27.2 Å². The van der Waals surface area contributed by atoms with Gasteiger partial charge in [-0.15, -0.1) is 0 Å². The van der Waals surface area contributed by atoms with E-state index in [0.717, 1.165) is 13.1 Å². The molecule has 0 bridgehead atoms. The van der Waals surface area contributed by atoms with Crippen LogP contribution in [0.3, 0.4) is 0 Å². The minimum Gasteiger partial charge on any atom is -0.348 e. The molecule has 1 atom stereocenters. The Hall–Kier alpha value is -1.14. The molecule has 1 fully saturated rings. The van der Waals surface area contributed by atoms with Gasteiger partial charge in [-0.05, 0) is 5.41 Å². The van der Waals surface area contributed by atoms with Crippen molar-refractivity contribution in [3.8, 4) is 0 Å². The third-order valence-corrected chi connectivity index (χ3v) is 4.09. The van der Waals surface area contributed by atoms with Crippen molar-refractivity contribution in [2.75, 3.05) is 46.8 Å². The number of carbonyl (C=O) groups is 2. The smallest absolute Gasteiger partial charge is 0.236 e. The van der Waals surface area contributed by atoms with E-state index in [4.69, 9.17) is 5.73 Å². The Bertz CT molecular complexity index is 368. The number of carbonyl (C=O) groups excluding carboxylic acids is 2. The molecule has 2 amide bonds. The number of nitrogens with two attached hydrogens (primary N) is 1. The molecule has 0 saturated carbocycles. The molecule has 1 aliphatic rings. The molecule has 0 spiro atoms. The van der Waals surface area contributed by atoms with Gasteiger partial charge < -0.3 is 15.5 Å². The number of hydrogen-bond acceptors (Lipinski definition) is 4. The molecular formula is C15H30N4O2. The topological polar surface area (TPSA) is 69.9 Å². The Morgan fingerprint density at radius 3 is 2.10 bits per heavy atom. The lowest BCUT2D eigenvalue weighted by atomic mass is 9.85. The Morgan fingerprint density at radius 2 is 1.67 bits per heavy atom. The molecule has 6 heteroatoms. The predicted octanol–water partition coefficient (Wildman–Crippen LogP) is -0.0177. The molecule has 1 heterocycles. The molecular weight excluding hydrogens is 268 g/mol. The molecule has 0 aliphatic carbocycles. The Morgan fingerprint density at radius 1 is 1.14 bits per heavy atom. The SMILES string of the molecule is CN(C)C(=O)CN1CCN(C(=O)CC(N)C(C)(C)C)CC1. The second-order valence-electron chi connectivity index (χ2n) is 7.12. The quantitative estimate of drug-likeness (QED) is 0.792. The second-order valence-corrected chi connectivity index (χ2v) is 7.12. The van der Waals surface area contributed by atoms with Crippen LogP contribution in [-0.2, 0) is 9.59 Å². The molecule has 122 valence electrons. The van der Waals surface area contributed by atoms with Crippen molar-refractivity contribution in [2.45, 2.75) is 33.2 Å². The average molecular weight is 298 g/mol. The van der Waals surface area contributed by atoms with E-state index in [1.807, 2.05) is 4.90 Å². The Balaban J connectivity index is 2.39. The van der Waals surface area contributed by atoms with E-state index in [1.54, 1.807) is 19.0 Å². The summed E-state index contributed by atoms with van der Waals surface area (Å²) in [5.41, 5.74) is 6.02. The van der Waals surface area contributed by atoms with Crippen LogP contribution >= 0.6 is 0 Å². The maximum Gasteiger partial charge on any atom is 0.236 e. The van der Waals surface area contributed by atoms with Gasteiger partial charge in [0.15, 0.2) is 0 Å². The maximum atomic E-state index is 12.2. The lowest BCUT2D eigenvalue weighted by Gasteiger charge is -2.36. The molecule has 1 saturated heterocycles. The largest absolute Gasteiger partial charge is 0.348 e. The van der Waals surface area contributed by atoms with Gasteiger partial charge >= 0.3 is 0 Å². The van der Waals surface area contributed by atoms with Crippen molar-refractivity contribution in [3.05, 3.63) is 0 Å². The highest BCUT2D eigenvalue weighted by atomic mass is 16.2. The highest BCUT2D eigenvalue weighted by Gasteiger charge is 2.27. The standard InChI is InChI=1S/C15H30N4O2/c1-15(2,3)12(16)10-13(20)19-8-6-18(7-9-19)11-14(21)17(4)5/h12H,6-11,16H2,1-5H3. The second kappa shape index (κ2) is 7.22. The van der Waals surface area contributed by atoms with Crippen LogP contribution in [0, 0.1) is 5.41 Å². The van der Waals surface area contributed by atoms with E-state index in [-0.39, 0.29) is 23.3 Å². The van der Waals surface area contributed by atoms with E-state index < -0.39 is 0 Å². The zero-order chi connectivity index (χ0) is 16.2. The lowest BCUT2D eigenvalue weighted by molar-refractivity contribution is -0.135. The van der Waals surface area contributed by atoms with Crippen LogP contribution in [0.25, 0.3) is 0 Å². The average Bonchev–Trinajstić information content (AvgIpc) is 2.38. The highest BCUT2D eigenvalue weighted by molar-refractivity contribution is 5.78. The minimum atomic E-state index is -0.127. The van der Waals surface area contributed by atoms with E-state index in [1.165, 1.54) is 0 Å². The van der Waals surface area contributed by atoms with Gasteiger partial charge in [-0.2, -0.15) is 0 Å². The number of rotatable bonds is 4. The monoisotopic (exact) mass is 298 g/mol. The van der Waals surface area contributed by atoms with Crippen molar-refractivity contribution in [3.63, 3.8) is 0 Å². The normalized spacial score (nSPS) is 18.5. The van der Waals surface area contributed by atoms with Gasteiger partial charge in [-0.25, -0.2) is 0 Å². The summed E-state index contributed by atoms with van der Waals surface area (Å²) in [5.74, 6) is 0.223. The first kappa shape index (κ1) is 17.9. The molecule has 0 aromatic heterocycles. The molecule has 21 heavy (non-hydrogen) atoms.